The first-order valence-electron chi connectivity index (χ1n) is 7.28. The number of amides is 1. The predicted molar refractivity (Wildman–Crippen MR) is 83.3 cm³/mol. The van der Waals surface area contributed by atoms with Crippen molar-refractivity contribution in [2.75, 3.05) is 18.9 Å². The van der Waals surface area contributed by atoms with Crippen LogP contribution in [0.15, 0.2) is 42.6 Å². The summed E-state index contributed by atoms with van der Waals surface area (Å²) in [4.78, 5) is 18.8. The van der Waals surface area contributed by atoms with Crippen molar-refractivity contribution in [1.82, 2.24) is 9.88 Å². The third kappa shape index (κ3) is 2.89. The summed E-state index contributed by atoms with van der Waals surface area (Å²) in [6.45, 7) is 1.45. The van der Waals surface area contributed by atoms with E-state index in [0.29, 0.717) is 12.2 Å². The third-order valence-corrected chi connectivity index (χ3v) is 3.91. The van der Waals surface area contributed by atoms with Gasteiger partial charge in [0.1, 0.15) is 5.69 Å². The van der Waals surface area contributed by atoms with Gasteiger partial charge in [0, 0.05) is 20.1 Å². The molecule has 2 aromatic rings. The standard InChI is InChI=1S/C17H19N3O/c1-18-15-8-9-16(19-11-15)17(21)20-10-4-7-13-5-2-3-6-14(13)12-20/h2-3,5-6,8-9,11,18H,4,7,10,12H2,1H3. The van der Waals surface area contributed by atoms with Crippen molar-refractivity contribution in [3.05, 3.63) is 59.4 Å². The Kier molecular flexibility index (Phi) is 3.86. The molecule has 0 bridgehead atoms. The van der Waals surface area contributed by atoms with Crippen LogP contribution in [-0.2, 0) is 13.0 Å². The first-order chi connectivity index (χ1) is 10.3. The van der Waals surface area contributed by atoms with Crippen LogP contribution in [0, 0.1) is 0 Å². The van der Waals surface area contributed by atoms with Crippen molar-refractivity contribution in [1.29, 1.82) is 0 Å². The second-order valence-corrected chi connectivity index (χ2v) is 5.28. The first kappa shape index (κ1) is 13.6. The molecule has 0 aliphatic carbocycles. The largest absolute Gasteiger partial charge is 0.387 e. The van der Waals surface area contributed by atoms with Gasteiger partial charge in [0.2, 0.25) is 0 Å². The van der Waals surface area contributed by atoms with Gasteiger partial charge in [-0.25, -0.2) is 4.98 Å². The van der Waals surface area contributed by atoms with E-state index >= 15 is 0 Å². The zero-order chi connectivity index (χ0) is 14.7. The fraction of sp³-hybridized carbons (Fsp3) is 0.294. The molecule has 0 spiro atoms. The van der Waals surface area contributed by atoms with E-state index in [0.717, 1.165) is 25.1 Å². The lowest BCUT2D eigenvalue weighted by Crippen LogP contribution is -2.31. The summed E-state index contributed by atoms with van der Waals surface area (Å²) in [6.07, 6.45) is 3.72. The van der Waals surface area contributed by atoms with Crippen LogP contribution in [-0.4, -0.2) is 29.4 Å². The summed E-state index contributed by atoms with van der Waals surface area (Å²) in [5.74, 6) is 0.00866. The second kappa shape index (κ2) is 5.95. The van der Waals surface area contributed by atoms with E-state index in [2.05, 4.69) is 28.5 Å². The number of aryl methyl sites for hydroxylation is 1. The average Bonchev–Trinajstić information content (AvgIpc) is 2.76. The number of rotatable bonds is 2. The van der Waals surface area contributed by atoms with Crippen LogP contribution in [0.25, 0.3) is 0 Å². The maximum absolute atomic E-state index is 12.6. The van der Waals surface area contributed by atoms with Crippen molar-refractivity contribution >= 4 is 11.6 Å². The number of aromatic nitrogens is 1. The van der Waals surface area contributed by atoms with Crippen LogP contribution in [0.1, 0.15) is 28.0 Å². The van der Waals surface area contributed by atoms with Gasteiger partial charge >= 0.3 is 0 Å². The third-order valence-electron chi connectivity index (χ3n) is 3.91. The van der Waals surface area contributed by atoms with E-state index in [1.165, 1.54) is 11.1 Å². The second-order valence-electron chi connectivity index (χ2n) is 5.28. The average molecular weight is 281 g/mol. The molecule has 0 saturated heterocycles. The fourth-order valence-electron chi connectivity index (χ4n) is 2.70. The van der Waals surface area contributed by atoms with E-state index in [4.69, 9.17) is 0 Å². The molecular formula is C17H19N3O. The minimum Gasteiger partial charge on any atom is -0.387 e. The molecule has 1 aliphatic rings. The van der Waals surface area contributed by atoms with Crippen molar-refractivity contribution in [3.8, 4) is 0 Å². The van der Waals surface area contributed by atoms with Gasteiger partial charge in [-0.15, -0.1) is 0 Å². The van der Waals surface area contributed by atoms with Gasteiger partial charge in [0.25, 0.3) is 5.91 Å². The van der Waals surface area contributed by atoms with E-state index in [9.17, 15) is 4.79 Å². The molecule has 1 aromatic carbocycles. The Hall–Kier alpha value is -2.36. The van der Waals surface area contributed by atoms with Crippen LogP contribution in [0.3, 0.4) is 0 Å². The van der Waals surface area contributed by atoms with Gasteiger partial charge < -0.3 is 10.2 Å². The molecule has 108 valence electrons. The summed E-state index contributed by atoms with van der Waals surface area (Å²) in [5.41, 5.74) is 4.02. The summed E-state index contributed by atoms with van der Waals surface area (Å²) in [6, 6.07) is 12.0. The summed E-state index contributed by atoms with van der Waals surface area (Å²) in [5, 5.41) is 3.01. The molecule has 2 heterocycles. The van der Waals surface area contributed by atoms with Crippen molar-refractivity contribution in [2.45, 2.75) is 19.4 Å². The number of nitrogens with one attached hydrogen (secondary N) is 1. The van der Waals surface area contributed by atoms with Gasteiger partial charge in [-0.1, -0.05) is 24.3 Å². The molecule has 0 radical (unpaired) electrons. The lowest BCUT2D eigenvalue weighted by atomic mass is 10.0. The number of fused-ring (bicyclic) bond motifs is 1. The first-order valence-corrected chi connectivity index (χ1v) is 7.28. The highest BCUT2D eigenvalue weighted by molar-refractivity contribution is 5.92. The number of hydrogen-bond donors (Lipinski definition) is 1. The number of pyridine rings is 1. The molecule has 1 aliphatic heterocycles. The SMILES string of the molecule is CNc1ccc(C(=O)N2CCCc3ccccc3C2)nc1. The zero-order valence-electron chi connectivity index (χ0n) is 12.2. The number of benzene rings is 1. The van der Waals surface area contributed by atoms with Gasteiger partial charge in [0.15, 0.2) is 0 Å². The highest BCUT2D eigenvalue weighted by atomic mass is 16.2. The molecule has 0 fully saturated rings. The number of carbonyl (C=O) groups is 1. The minimum absolute atomic E-state index is 0.00866. The molecule has 1 amide bonds. The van der Waals surface area contributed by atoms with Crippen molar-refractivity contribution < 1.29 is 4.79 Å². The van der Waals surface area contributed by atoms with E-state index in [1.807, 2.05) is 24.1 Å². The number of anilines is 1. The maximum atomic E-state index is 12.6. The lowest BCUT2D eigenvalue weighted by molar-refractivity contribution is 0.0740. The molecular weight excluding hydrogens is 262 g/mol. The number of carbonyl (C=O) groups excluding carboxylic acids is 1. The molecule has 0 unspecified atom stereocenters. The van der Waals surface area contributed by atoms with Gasteiger partial charge in [-0.2, -0.15) is 0 Å². The van der Waals surface area contributed by atoms with Crippen LogP contribution >= 0.6 is 0 Å². The minimum atomic E-state index is 0.00866. The quantitative estimate of drug-likeness (QED) is 0.920. The number of nitrogens with zero attached hydrogens (tertiary/aromatic N) is 2. The topological polar surface area (TPSA) is 45.2 Å². The maximum Gasteiger partial charge on any atom is 0.272 e. The van der Waals surface area contributed by atoms with Gasteiger partial charge in [-0.3, -0.25) is 4.79 Å². The molecule has 4 heteroatoms. The monoisotopic (exact) mass is 281 g/mol. The van der Waals surface area contributed by atoms with E-state index in [1.54, 1.807) is 12.3 Å². The number of hydrogen-bond acceptors (Lipinski definition) is 3. The molecule has 21 heavy (non-hydrogen) atoms. The highest BCUT2D eigenvalue weighted by Gasteiger charge is 2.20. The summed E-state index contributed by atoms with van der Waals surface area (Å²) < 4.78 is 0. The van der Waals surface area contributed by atoms with Crippen LogP contribution in [0.2, 0.25) is 0 Å². The van der Waals surface area contributed by atoms with E-state index < -0.39 is 0 Å². The molecule has 4 nitrogen and oxygen atoms in total. The smallest absolute Gasteiger partial charge is 0.272 e. The lowest BCUT2D eigenvalue weighted by Gasteiger charge is -2.20. The highest BCUT2D eigenvalue weighted by Crippen LogP contribution is 2.20. The molecule has 3 rings (SSSR count). The Morgan fingerprint density at radius 2 is 2.00 bits per heavy atom. The van der Waals surface area contributed by atoms with Gasteiger partial charge in [0.05, 0.1) is 11.9 Å². The Morgan fingerprint density at radius 3 is 2.71 bits per heavy atom. The molecule has 0 atom stereocenters. The van der Waals surface area contributed by atoms with Crippen LogP contribution in [0.5, 0.6) is 0 Å². The fourth-order valence-corrected chi connectivity index (χ4v) is 2.70. The van der Waals surface area contributed by atoms with Gasteiger partial charge in [-0.05, 0) is 36.1 Å². The predicted octanol–water partition coefficient (Wildman–Crippen LogP) is 2.71. The zero-order valence-corrected chi connectivity index (χ0v) is 12.2. The van der Waals surface area contributed by atoms with Crippen LogP contribution < -0.4 is 5.32 Å². The Bertz CT molecular complexity index is 637. The van der Waals surface area contributed by atoms with Crippen molar-refractivity contribution in [3.63, 3.8) is 0 Å². The Morgan fingerprint density at radius 1 is 1.19 bits per heavy atom. The molecule has 0 saturated carbocycles. The van der Waals surface area contributed by atoms with E-state index in [-0.39, 0.29) is 5.91 Å². The summed E-state index contributed by atoms with van der Waals surface area (Å²) >= 11 is 0. The summed E-state index contributed by atoms with van der Waals surface area (Å²) in [7, 11) is 1.84. The van der Waals surface area contributed by atoms with Crippen molar-refractivity contribution in [2.24, 2.45) is 0 Å². The Labute approximate surface area is 124 Å². The van der Waals surface area contributed by atoms with Crippen LogP contribution in [0.4, 0.5) is 5.69 Å². The Balaban J connectivity index is 1.81. The molecule has 1 N–H and O–H groups in total. The normalized spacial score (nSPS) is 14.2. The molecule has 1 aromatic heterocycles.